The summed E-state index contributed by atoms with van der Waals surface area (Å²) in [6.45, 7) is -0.487. The molecular formula is C20H19N3O5S. The molecule has 9 heteroatoms. The highest BCUT2D eigenvalue weighted by molar-refractivity contribution is 8.01. The highest BCUT2D eigenvalue weighted by atomic mass is 32.2. The lowest BCUT2D eigenvalue weighted by atomic mass is 10.2. The topological polar surface area (TPSA) is 114 Å². The third kappa shape index (κ3) is 5.35. The second-order valence-electron chi connectivity index (χ2n) is 6.16. The van der Waals surface area contributed by atoms with Crippen molar-refractivity contribution in [3.8, 4) is 0 Å². The van der Waals surface area contributed by atoms with Crippen molar-refractivity contribution >= 4 is 46.8 Å². The van der Waals surface area contributed by atoms with E-state index in [1.165, 1.54) is 24.9 Å². The van der Waals surface area contributed by atoms with Crippen LogP contribution in [0, 0.1) is 0 Å². The maximum Gasteiger partial charge on any atom is 0.307 e. The molecule has 8 nitrogen and oxygen atoms in total. The minimum Gasteiger partial charge on any atom is -0.456 e. The van der Waals surface area contributed by atoms with Gasteiger partial charge in [0.2, 0.25) is 5.91 Å². The third-order valence-electron chi connectivity index (χ3n) is 4.06. The first-order chi connectivity index (χ1) is 14.0. The number of thioether (sulfide) groups is 1. The molecule has 150 valence electrons. The van der Waals surface area contributed by atoms with Gasteiger partial charge in [0, 0.05) is 23.2 Å². The zero-order valence-electron chi connectivity index (χ0n) is 15.6. The molecule has 3 amide bonds. The Morgan fingerprint density at radius 1 is 1.14 bits per heavy atom. The smallest absolute Gasteiger partial charge is 0.307 e. The Balaban J connectivity index is 1.49. The summed E-state index contributed by atoms with van der Waals surface area (Å²) in [6, 6.07) is 13.7. The summed E-state index contributed by atoms with van der Waals surface area (Å²) in [5, 5.41) is 7.19. The van der Waals surface area contributed by atoms with Crippen molar-refractivity contribution in [2.45, 2.75) is 16.6 Å². The number of carbonyl (C=O) groups excluding carboxylic acids is 4. The second kappa shape index (κ2) is 9.24. The summed E-state index contributed by atoms with van der Waals surface area (Å²) < 4.78 is 4.99. The van der Waals surface area contributed by atoms with Gasteiger partial charge in [0.25, 0.3) is 11.8 Å². The van der Waals surface area contributed by atoms with Crippen molar-refractivity contribution < 1.29 is 23.9 Å². The average Bonchev–Trinajstić information content (AvgIpc) is 2.72. The van der Waals surface area contributed by atoms with Gasteiger partial charge in [-0.2, -0.15) is 0 Å². The van der Waals surface area contributed by atoms with E-state index in [9.17, 15) is 19.2 Å². The Hall–Kier alpha value is -3.33. The molecule has 1 heterocycles. The molecule has 0 saturated heterocycles. The number of anilines is 2. The van der Waals surface area contributed by atoms with Gasteiger partial charge in [-0.15, -0.1) is 11.8 Å². The zero-order valence-corrected chi connectivity index (χ0v) is 16.4. The summed E-state index contributed by atoms with van der Waals surface area (Å²) in [7, 11) is 1.51. The maximum absolute atomic E-state index is 12.1. The fourth-order valence-electron chi connectivity index (χ4n) is 2.66. The van der Waals surface area contributed by atoms with Crippen LogP contribution in [0.5, 0.6) is 0 Å². The number of esters is 1. The van der Waals surface area contributed by atoms with Crippen LogP contribution in [-0.4, -0.2) is 42.6 Å². The molecule has 1 aliphatic rings. The molecule has 3 N–H and O–H groups in total. The van der Waals surface area contributed by atoms with E-state index in [4.69, 9.17) is 4.74 Å². The predicted molar refractivity (Wildman–Crippen MR) is 109 cm³/mol. The molecule has 0 fully saturated rings. The van der Waals surface area contributed by atoms with E-state index in [-0.39, 0.29) is 18.2 Å². The van der Waals surface area contributed by atoms with Crippen molar-refractivity contribution in [1.29, 1.82) is 0 Å². The number of para-hydroxylation sites is 1. The van der Waals surface area contributed by atoms with Crippen molar-refractivity contribution in [3.05, 3.63) is 54.1 Å². The van der Waals surface area contributed by atoms with Gasteiger partial charge in [0.1, 0.15) is 0 Å². The van der Waals surface area contributed by atoms with Gasteiger partial charge in [-0.05, 0) is 30.3 Å². The number of rotatable bonds is 6. The first kappa shape index (κ1) is 20.4. The molecule has 2 aromatic carbocycles. The van der Waals surface area contributed by atoms with Crippen LogP contribution in [0.4, 0.5) is 11.4 Å². The molecule has 29 heavy (non-hydrogen) atoms. The molecule has 3 rings (SSSR count). The monoisotopic (exact) mass is 413 g/mol. The number of hydrogen-bond donors (Lipinski definition) is 3. The van der Waals surface area contributed by atoms with Crippen LogP contribution < -0.4 is 16.0 Å². The minimum atomic E-state index is -0.647. The number of carbonyl (C=O) groups is 4. The Kier molecular flexibility index (Phi) is 6.50. The van der Waals surface area contributed by atoms with Crippen molar-refractivity contribution in [2.75, 3.05) is 24.3 Å². The van der Waals surface area contributed by atoms with Crippen LogP contribution in [0.15, 0.2) is 53.4 Å². The predicted octanol–water partition coefficient (Wildman–Crippen LogP) is 2.03. The van der Waals surface area contributed by atoms with Crippen LogP contribution in [0.1, 0.15) is 16.8 Å². The molecule has 0 radical (unpaired) electrons. The van der Waals surface area contributed by atoms with Crippen LogP contribution in [0.3, 0.4) is 0 Å². The second-order valence-corrected chi connectivity index (χ2v) is 7.41. The van der Waals surface area contributed by atoms with Crippen molar-refractivity contribution in [3.63, 3.8) is 0 Å². The largest absolute Gasteiger partial charge is 0.456 e. The van der Waals surface area contributed by atoms with Crippen LogP contribution in [-0.2, 0) is 19.1 Å². The number of hydrogen-bond acceptors (Lipinski definition) is 6. The average molecular weight is 413 g/mol. The highest BCUT2D eigenvalue weighted by Gasteiger charge is 2.29. The minimum absolute atomic E-state index is 0.149. The summed E-state index contributed by atoms with van der Waals surface area (Å²) in [6.07, 6.45) is -0.149. The van der Waals surface area contributed by atoms with Gasteiger partial charge < -0.3 is 20.7 Å². The molecule has 2 aromatic rings. The van der Waals surface area contributed by atoms with Gasteiger partial charge >= 0.3 is 5.97 Å². The van der Waals surface area contributed by atoms with E-state index in [0.717, 1.165) is 4.90 Å². The Labute approximate surface area is 171 Å². The van der Waals surface area contributed by atoms with E-state index in [2.05, 4.69) is 16.0 Å². The molecule has 0 unspecified atom stereocenters. The fraction of sp³-hybridized carbons (Fsp3) is 0.200. The number of benzene rings is 2. The maximum atomic E-state index is 12.1. The zero-order chi connectivity index (χ0) is 20.8. The van der Waals surface area contributed by atoms with Crippen LogP contribution >= 0.6 is 11.8 Å². The van der Waals surface area contributed by atoms with Gasteiger partial charge in [0.15, 0.2) is 6.61 Å². The van der Waals surface area contributed by atoms with E-state index in [1.807, 2.05) is 18.2 Å². The number of ether oxygens (including phenoxy) is 1. The van der Waals surface area contributed by atoms with Gasteiger partial charge in [-0.1, -0.05) is 18.2 Å². The summed E-state index contributed by atoms with van der Waals surface area (Å²) in [4.78, 5) is 48.7. The normalized spacial score (nSPS) is 14.9. The SMILES string of the molecule is CNC(=O)c1cccc(NC(=O)COC(=O)C[C@H]2Sc3ccccc3NC2=O)c1. The van der Waals surface area contributed by atoms with Crippen molar-refractivity contribution in [1.82, 2.24) is 5.32 Å². The Morgan fingerprint density at radius 2 is 1.93 bits per heavy atom. The van der Waals surface area contributed by atoms with E-state index < -0.39 is 23.7 Å². The van der Waals surface area contributed by atoms with E-state index >= 15 is 0 Å². The highest BCUT2D eigenvalue weighted by Crippen LogP contribution is 2.36. The van der Waals surface area contributed by atoms with Gasteiger partial charge in [-0.3, -0.25) is 19.2 Å². The number of nitrogens with one attached hydrogen (secondary N) is 3. The number of amides is 3. The molecular weight excluding hydrogens is 394 g/mol. The molecule has 0 aromatic heterocycles. The standard InChI is InChI=1S/C20H19N3O5S/c1-21-19(26)12-5-4-6-13(9-12)22-17(24)11-28-18(25)10-16-20(27)23-14-7-2-3-8-15(14)29-16/h2-9,16H,10-11H2,1H3,(H,21,26)(H,22,24)(H,23,27)/t16-/m1/s1. The summed E-state index contributed by atoms with van der Waals surface area (Å²) >= 11 is 1.29. The lowest BCUT2D eigenvalue weighted by Crippen LogP contribution is -2.32. The van der Waals surface area contributed by atoms with Gasteiger partial charge in [0.05, 0.1) is 17.4 Å². The van der Waals surface area contributed by atoms with E-state index in [0.29, 0.717) is 16.9 Å². The molecule has 0 aliphatic carbocycles. The lowest BCUT2D eigenvalue weighted by Gasteiger charge is -2.23. The third-order valence-corrected chi connectivity index (χ3v) is 5.33. The quantitative estimate of drug-likeness (QED) is 0.625. The number of fused-ring (bicyclic) bond motifs is 1. The summed E-state index contributed by atoms with van der Waals surface area (Å²) in [5.41, 5.74) is 1.51. The first-order valence-corrected chi connectivity index (χ1v) is 9.68. The molecule has 1 atom stereocenters. The Morgan fingerprint density at radius 3 is 2.72 bits per heavy atom. The van der Waals surface area contributed by atoms with Gasteiger partial charge in [-0.25, -0.2) is 0 Å². The molecule has 0 spiro atoms. The first-order valence-electron chi connectivity index (χ1n) is 8.80. The molecule has 0 saturated carbocycles. The Bertz CT molecular complexity index is 963. The summed E-state index contributed by atoms with van der Waals surface area (Å²) in [5.74, 6) is -1.75. The van der Waals surface area contributed by atoms with Crippen LogP contribution in [0.25, 0.3) is 0 Å². The fourth-order valence-corrected chi connectivity index (χ4v) is 3.76. The molecule has 1 aliphatic heterocycles. The van der Waals surface area contributed by atoms with Crippen molar-refractivity contribution in [2.24, 2.45) is 0 Å². The molecule has 0 bridgehead atoms. The van der Waals surface area contributed by atoms with E-state index in [1.54, 1.807) is 24.3 Å². The lowest BCUT2D eigenvalue weighted by molar-refractivity contribution is -0.147. The van der Waals surface area contributed by atoms with Crippen LogP contribution in [0.2, 0.25) is 0 Å².